The molecule has 0 saturated carbocycles. The van der Waals surface area contributed by atoms with Crippen LogP contribution in [-0.2, 0) is 0 Å². The molecule has 0 atom stereocenters. The fourth-order valence-electron chi connectivity index (χ4n) is 0.866. The fraction of sp³-hybridized carbons (Fsp3) is 1.00. The van der Waals surface area contributed by atoms with Crippen LogP contribution < -0.4 is 0 Å². The summed E-state index contributed by atoms with van der Waals surface area (Å²) in [5.41, 5.74) is -6.52. The Balaban J connectivity index is 5.61. The van der Waals surface area contributed by atoms with Gasteiger partial charge < -0.3 is 0 Å². The van der Waals surface area contributed by atoms with Gasteiger partial charge in [0, 0.05) is 10.8 Å². The first-order chi connectivity index (χ1) is 6.81. The van der Waals surface area contributed by atoms with E-state index in [9.17, 15) is 39.5 Å². The fourth-order valence-corrected chi connectivity index (χ4v) is 1.54. The van der Waals surface area contributed by atoms with E-state index in [4.69, 9.17) is 0 Å². The second kappa shape index (κ2) is 4.41. The minimum atomic E-state index is -6.72. The summed E-state index contributed by atoms with van der Waals surface area (Å²) >= 11 is 1.13. The molecule has 0 fully saturated rings. The first-order valence-electron chi connectivity index (χ1n) is 3.57. The van der Waals surface area contributed by atoms with Gasteiger partial charge in [0.1, 0.15) is 0 Å². The van der Waals surface area contributed by atoms with Crippen LogP contribution in [0.1, 0.15) is 6.42 Å². The van der Waals surface area contributed by atoms with E-state index < -0.39 is 34.8 Å². The van der Waals surface area contributed by atoms with Gasteiger partial charge in [0.05, 0.1) is 0 Å². The van der Waals surface area contributed by atoms with E-state index in [0.717, 1.165) is 22.6 Å². The number of rotatable bonds is 3. The van der Waals surface area contributed by atoms with Crippen LogP contribution in [0.25, 0.3) is 0 Å². The van der Waals surface area contributed by atoms with Gasteiger partial charge in [0.15, 0.2) is 0 Å². The standard InChI is InChI=1S/C6H4F9I/c7-3(8,1-2-16)4(9,5(10,11)12)6(13,14)15/h1-2H2. The van der Waals surface area contributed by atoms with Crippen LogP contribution in [0, 0.1) is 0 Å². The number of hydrogen-bond acceptors (Lipinski definition) is 0. The van der Waals surface area contributed by atoms with Crippen molar-refractivity contribution in [3.05, 3.63) is 0 Å². The molecule has 0 N–H and O–H groups in total. The first-order valence-corrected chi connectivity index (χ1v) is 5.10. The zero-order valence-corrected chi connectivity index (χ0v) is 9.35. The van der Waals surface area contributed by atoms with Crippen LogP contribution in [0.3, 0.4) is 0 Å². The quantitative estimate of drug-likeness (QED) is 0.393. The normalized spacial score (nSPS) is 15.4. The van der Waals surface area contributed by atoms with E-state index in [1.54, 1.807) is 0 Å². The highest BCUT2D eigenvalue weighted by atomic mass is 127. The first kappa shape index (κ1) is 16.1. The van der Waals surface area contributed by atoms with Crippen molar-refractivity contribution >= 4 is 22.6 Å². The third-order valence-corrected chi connectivity index (χ3v) is 2.23. The molecule has 0 aromatic carbocycles. The van der Waals surface area contributed by atoms with Crippen LogP contribution in [-0.4, -0.2) is 28.4 Å². The van der Waals surface area contributed by atoms with E-state index in [1.807, 2.05) is 0 Å². The summed E-state index contributed by atoms with van der Waals surface area (Å²) in [5.74, 6) is -5.55. The summed E-state index contributed by atoms with van der Waals surface area (Å²) in [7, 11) is 0. The van der Waals surface area contributed by atoms with Crippen molar-refractivity contribution in [2.75, 3.05) is 4.43 Å². The van der Waals surface area contributed by atoms with Gasteiger partial charge in [-0.05, 0) is 0 Å². The van der Waals surface area contributed by atoms with Crippen LogP contribution in [0.2, 0.25) is 0 Å². The Morgan fingerprint density at radius 1 is 0.688 bits per heavy atom. The van der Waals surface area contributed by atoms with Crippen LogP contribution in [0.4, 0.5) is 39.5 Å². The Hall–Kier alpha value is 0.1000. The second-order valence-corrected chi connectivity index (χ2v) is 3.88. The molecule has 0 rings (SSSR count). The molecular formula is C6H4F9I. The molecule has 0 aliphatic rings. The predicted octanol–water partition coefficient (Wildman–Crippen LogP) is 4.28. The zero-order valence-electron chi connectivity index (χ0n) is 7.19. The molecule has 10 heteroatoms. The van der Waals surface area contributed by atoms with Gasteiger partial charge in [0.25, 0.3) is 0 Å². The van der Waals surface area contributed by atoms with Crippen molar-refractivity contribution in [1.29, 1.82) is 0 Å². The molecule has 16 heavy (non-hydrogen) atoms. The molecule has 0 radical (unpaired) electrons. The molecular weight excluding hydrogens is 370 g/mol. The average Bonchev–Trinajstić information content (AvgIpc) is 1.98. The van der Waals surface area contributed by atoms with Gasteiger partial charge in [-0.3, -0.25) is 0 Å². The highest BCUT2D eigenvalue weighted by Gasteiger charge is 2.83. The van der Waals surface area contributed by atoms with Crippen molar-refractivity contribution in [2.45, 2.75) is 30.4 Å². The maximum Gasteiger partial charge on any atom is 0.437 e. The summed E-state index contributed by atoms with van der Waals surface area (Å²) in [6.45, 7) is 0. The molecule has 0 amide bonds. The Morgan fingerprint density at radius 3 is 1.19 bits per heavy atom. The molecule has 0 unspecified atom stereocenters. The minimum absolute atomic E-state index is 0.747. The second-order valence-electron chi connectivity index (χ2n) is 2.80. The van der Waals surface area contributed by atoms with Crippen molar-refractivity contribution in [3.63, 3.8) is 0 Å². The molecule has 98 valence electrons. The van der Waals surface area contributed by atoms with Crippen molar-refractivity contribution in [1.82, 2.24) is 0 Å². The van der Waals surface area contributed by atoms with Crippen molar-refractivity contribution < 1.29 is 39.5 Å². The van der Waals surface area contributed by atoms with Crippen LogP contribution in [0.15, 0.2) is 0 Å². The van der Waals surface area contributed by atoms with E-state index in [0.29, 0.717) is 0 Å². The van der Waals surface area contributed by atoms with Crippen LogP contribution in [0.5, 0.6) is 0 Å². The summed E-state index contributed by atoms with van der Waals surface area (Å²) in [5, 5.41) is 0. The van der Waals surface area contributed by atoms with Crippen LogP contribution >= 0.6 is 22.6 Å². The van der Waals surface area contributed by atoms with Gasteiger partial charge in [-0.25, -0.2) is 13.2 Å². The smallest absolute Gasteiger partial charge is 0.217 e. The lowest BCUT2D eigenvalue weighted by atomic mass is 9.94. The van der Waals surface area contributed by atoms with Crippen molar-refractivity contribution in [3.8, 4) is 0 Å². The summed E-state index contributed by atoms with van der Waals surface area (Å²) in [4.78, 5) is 0. The molecule has 0 heterocycles. The van der Waals surface area contributed by atoms with E-state index in [2.05, 4.69) is 0 Å². The highest BCUT2D eigenvalue weighted by Crippen LogP contribution is 2.55. The average molecular weight is 374 g/mol. The van der Waals surface area contributed by atoms with Gasteiger partial charge in [-0.2, -0.15) is 26.3 Å². The van der Waals surface area contributed by atoms with Crippen molar-refractivity contribution in [2.24, 2.45) is 0 Å². The SMILES string of the molecule is FC(F)(F)C(F)(C(F)(F)F)C(F)(F)CCI. The van der Waals surface area contributed by atoms with Gasteiger partial charge >= 0.3 is 23.9 Å². The predicted molar refractivity (Wildman–Crippen MR) is 44.4 cm³/mol. The van der Waals surface area contributed by atoms with E-state index >= 15 is 0 Å². The lowest BCUT2D eigenvalue weighted by molar-refractivity contribution is -0.396. The molecule has 0 spiro atoms. The summed E-state index contributed by atoms with van der Waals surface area (Å²) in [6.07, 6.45) is -15.3. The number of halogens is 10. The lowest BCUT2D eigenvalue weighted by Crippen LogP contribution is -2.64. The summed E-state index contributed by atoms with van der Waals surface area (Å²) in [6, 6.07) is 0. The number of hydrogen-bond donors (Lipinski definition) is 0. The number of alkyl halides is 10. The van der Waals surface area contributed by atoms with Gasteiger partial charge in [0.2, 0.25) is 0 Å². The largest absolute Gasteiger partial charge is 0.437 e. The lowest BCUT2D eigenvalue weighted by Gasteiger charge is -2.35. The zero-order chi connectivity index (χ0) is 13.4. The van der Waals surface area contributed by atoms with E-state index in [1.165, 1.54) is 0 Å². The molecule has 0 aliphatic heterocycles. The van der Waals surface area contributed by atoms with Gasteiger partial charge in [-0.15, -0.1) is 0 Å². The molecule has 0 aliphatic carbocycles. The summed E-state index contributed by atoms with van der Waals surface area (Å²) < 4.78 is 108. The Labute approximate surface area is 97.3 Å². The molecule has 0 nitrogen and oxygen atoms in total. The minimum Gasteiger partial charge on any atom is -0.217 e. The van der Waals surface area contributed by atoms with E-state index in [-0.39, 0.29) is 0 Å². The third kappa shape index (κ3) is 2.50. The Bertz CT molecular complexity index is 225. The molecule has 0 bridgehead atoms. The maximum atomic E-state index is 12.8. The molecule has 0 saturated heterocycles. The Kier molecular flexibility index (Phi) is 4.43. The maximum absolute atomic E-state index is 12.8. The monoisotopic (exact) mass is 374 g/mol. The Morgan fingerprint density at radius 2 is 1.00 bits per heavy atom. The van der Waals surface area contributed by atoms with Gasteiger partial charge in [-0.1, -0.05) is 22.6 Å². The molecule has 0 aromatic heterocycles. The highest BCUT2D eigenvalue weighted by molar-refractivity contribution is 14.1. The molecule has 0 aromatic rings. The third-order valence-electron chi connectivity index (χ3n) is 1.69. The topological polar surface area (TPSA) is 0 Å².